The predicted molar refractivity (Wildman–Crippen MR) is 127 cm³/mol. The lowest BCUT2D eigenvalue weighted by atomic mass is 10.00. The molecule has 0 fully saturated rings. The first-order chi connectivity index (χ1) is 15.7. The van der Waals surface area contributed by atoms with Gasteiger partial charge in [0.2, 0.25) is 5.95 Å². The number of amides is 1. The lowest BCUT2D eigenvalue weighted by molar-refractivity contribution is -0.112. The van der Waals surface area contributed by atoms with Gasteiger partial charge in [0.1, 0.15) is 17.3 Å². The van der Waals surface area contributed by atoms with Crippen LogP contribution in [0, 0.1) is 17.1 Å². The third-order valence-electron chi connectivity index (χ3n) is 5.18. The van der Waals surface area contributed by atoms with Crippen molar-refractivity contribution in [2.24, 2.45) is 0 Å². The first-order valence-corrected chi connectivity index (χ1v) is 10.3. The molecule has 3 aromatic rings. The molecule has 0 aliphatic rings. The lowest BCUT2D eigenvalue weighted by Gasteiger charge is -2.29. The normalized spacial score (nSPS) is 11.7. The summed E-state index contributed by atoms with van der Waals surface area (Å²) in [6.45, 7) is 3.82. The number of carbonyl (C=O) groups excluding carboxylic acids is 1. The maximum atomic E-state index is 14.2. The van der Waals surface area contributed by atoms with Gasteiger partial charge in [0.15, 0.2) is 5.82 Å². The summed E-state index contributed by atoms with van der Waals surface area (Å²) in [5.41, 5.74) is 1.44. The van der Waals surface area contributed by atoms with Gasteiger partial charge in [-0.2, -0.15) is 5.26 Å². The summed E-state index contributed by atoms with van der Waals surface area (Å²) in [6.07, 6.45) is 2.74. The van der Waals surface area contributed by atoms with Gasteiger partial charge in [-0.3, -0.25) is 4.79 Å². The smallest absolute Gasteiger partial charge is 0.266 e. The van der Waals surface area contributed by atoms with Crippen molar-refractivity contribution in [1.29, 1.82) is 5.26 Å². The van der Waals surface area contributed by atoms with Crippen LogP contribution >= 0.6 is 0 Å². The number of rotatable bonds is 7. The lowest BCUT2D eigenvalue weighted by Crippen LogP contribution is -2.37. The van der Waals surface area contributed by atoms with Crippen molar-refractivity contribution in [3.05, 3.63) is 78.3 Å². The molecule has 0 unspecified atom stereocenters. The van der Waals surface area contributed by atoms with E-state index in [9.17, 15) is 14.4 Å². The zero-order valence-corrected chi connectivity index (χ0v) is 18.9. The van der Waals surface area contributed by atoms with E-state index in [1.165, 1.54) is 0 Å². The van der Waals surface area contributed by atoms with E-state index < -0.39 is 17.3 Å². The zero-order chi connectivity index (χ0) is 24.0. The molecule has 2 N–H and O–H groups in total. The molecule has 0 radical (unpaired) electrons. The maximum absolute atomic E-state index is 14.2. The van der Waals surface area contributed by atoms with Gasteiger partial charge >= 0.3 is 0 Å². The maximum Gasteiger partial charge on any atom is 0.266 e. The number of aromatic nitrogens is 2. The molecule has 0 saturated heterocycles. The van der Waals surface area contributed by atoms with Crippen molar-refractivity contribution in [3.63, 3.8) is 0 Å². The molecule has 2 aromatic carbocycles. The van der Waals surface area contributed by atoms with Gasteiger partial charge in [-0.25, -0.2) is 14.4 Å². The first-order valence-electron chi connectivity index (χ1n) is 10.3. The summed E-state index contributed by atoms with van der Waals surface area (Å²) in [6, 6.07) is 17.8. The molecule has 1 heterocycles. The summed E-state index contributed by atoms with van der Waals surface area (Å²) in [5.74, 6) is -0.817. The second kappa shape index (κ2) is 10.0. The number of nitriles is 1. The Morgan fingerprint density at radius 1 is 1.12 bits per heavy atom. The Bertz CT molecular complexity index is 1220. The zero-order valence-electron chi connectivity index (χ0n) is 18.9. The van der Waals surface area contributed by atoms with Gasteiger partial charge in [0, 0.05) is 22.5 Å². The molecular weight excluding hydrogens is 419 g/mol. The van der Waals surface area contributed by atoms with Crippen LogP contribution in [0.3, 0.4) is 0 Å². The number of anilines is 3. The van der Waals surface area contributed by atoms with Crippen molar-refractivity contribution in [2.45, 2.75) is 19.4 Å². The highest BCUT2D eigenvalue weighted by molar-refractivity contribution is 6.06. The monoisotopic (exact) mass is 444 g/mol. The van der Waals surface area contributed by atoms with Gasteiger partial charge < -0.3 is 15.5 Å². The minimum absolute atomic E-state index is 0.0152. The molecule has 1 aromatic heterocycles. The Kier molecular flexibility index (Phi) is 7.16. The fraction of sp³-hybridized carbons (Fsp3) is 0.200. The summed E-state index contributed by atoms with van der Waals surface area (Å²) in [4.78, 5) is 22.8. The van der Waals surface area contributed by atoms with Gasteiger partial charge in [0.25, 0.3) is 5.91 Å². The van der Waals surface area contributed by atoms with E-state index in [2.05, 4.69) is 20.6 Å². The van der Waals surface area contributed by atoms with E-state index in [-0.39, 0.29) is 17.2 Å². The summed E-state index contributed by atoms with van der Waals surface area (Å²) < 4.78 is 14.2. The Balaban J connectivity index is 1.79. The quantitative estimate of drug-likeness (QED) is 0.403. The number of likely N-dealkylation sites (N-methyl/N-ethyl adjacent to an activating group) is 1. The largest absolute Gasteiger partial charge is 0.324 e. The van der Waals surface area contributed by atoms with Crippen LogP contribution in [0.4, 0.5) is 21.7 Å². The fourth-order valence-electron chi connectivity index (χ4n) is 2.86. The summed E-state index contributed by atoms with van der Waals surface area (Å²) >= 11 is 0. The van der Waals surface area contributed by atoms with E-state index in [0.29, 0.717) is 16.9 Å². The van der Waals surface area contributed by atoms with Crippen molar-refractivity contribution >= 4 is 23.2 Å². The highest BCUT2D eigenvalue weighted by Crippen LogP contribution is 2.24. The highest BCUT2D eigenvalue weighted by Gasteiger charge is 2.21. The average molecular weight is 445 g/mol. The standard InChI is InChI=1S/C25H25FN6O/c1-25(2,32(3)4)14-18(15-27)23(33)29-19-11-8-12-20(13-19)30-24-28-16-21(26)22(31-24)17-9-6-5-7-10-17/h5-14,16H,1-4H3,(H,29,33)(H,28,30,31). The van der Waals surface area contributed by atoms with Gasteiger partial charge in [-0.1, -0.05) is 36.4 Å². The SMILES string of the molecule is CN(C)C(C)(C)C=C(C#N)C(=O)Nc1cccc(Nc2ncc(F)c(-c3ccccc3)n2)c1. The van der Waals surface area contributed by atoms with Crippen molar-refractivity contribution < 1.29 is 9.18 Å². The molecule has 0 aliphatic carbocycles. The highest BCUT2D eigenvalue weighted by atomic mass is 19.1. The van der Waals surface area contributed by atoms with Crippen LogP contribution in [0.15, 0.2) is 72.4 Å². The minimum Gasteiger partial charge on any atom is -0.324 e. The molecule has 0 bridgehead atoms. The Labute approximate surface area is 192 Å². The number of nitrogens with zero attached hydrogens (tertiary/aromatic N) is 4. The third kappa shape index (κ3) is 5.99. The Morgan fingerprint density at radius 3 is 2.48 bits per heavy atom. The summed E-state index contributed by atoms with van der Waals surface area (Å²) in [5, 5.41) is 15.2. The molecule has 0 spiro atoms. The topological polar surface area (TPSA) is 93.9 Å². The summed E-state index contributed by atoms with van der Waals surface area (Å²) in [7, 11) is 3.75. The first kappa shape index (κ1) is 23.6. The molecule has 0 aliphatic heterocycles. The number of carbonyl (C=O) groups is 1. The molecule has 8 heteroatoms. The van der Waals surface area contributed by atoms with Gasteiger partial charge in [-0.15, -0.1) is 0 Å². The van der Waals surface area contributed by atoms with Crippen LogP contribution in [0.1, 0.15) is 13.8 Å². The number of hydrogen-bond donors (Lipinski definition) is 2. The fourth-order valence-corrected chi connectivity index (χ4v) is 2.86. The molecule has 0 saturated carbocycles. The van der Waals surface area contributed by atoms with Crippen LogP contribution in [0.25, 0.3) is 11.3 Å². The van der Waals surface area contributed by atoms with E-state index in [4.69, 9.17) is 0 Å². The number of benzene rings is 2. The number of nitrogens with one attached hydrogen (secondary N) is 2. The van der Waals surface area contributed by atoms with Crippen LogP contribution < -0.4 is 10.6 Å². The molecule has 0 atom stereocenters. The van der Waals surface area contributed by atoms with Crippen LogP contribution in [-0.4, -0.2) is 40.4 Å². The minimum atomic E-state index is -0.524. The molecule has 1 amide bonds. The number of halogens is 1. The predicted octanol–water partition coefficient (Wildman–Crippen LogP) is 4.75. The van der Waals surface area contributed by atoms with E-state index in [0.717, 1.165) is 6.20 Å². The van der Waals surface area contributed by atoms with E-state index >= 15 is 0 Å². The van der Waals surface area contributed by atoms with Crippen LogP contribution in [0.2, 0.25) is 0 Å². The van der Waals surface area contributed by atoms with E-state index in [1.54, 1.807) is 54.6 Å². The molecule has 168 valence electrons. The Hall–Kier alpha value is -4.09. The second-order valence-electron chi connectivity index (χ2n) is 8.13. The van der Waals surface area contributed by atoms with Crippen molar-refractivity contribution in [3.8, 4) is 17.3 Å². The van der Waals surface area contributed by atoms with Crippen molar-refractivity contribution in [1.82, 2.24) is 14.9 Å². The van der Waals surface area contributed by atoms with Crippen molar-refractivity contribution in [2.75, 3.05) is 24.7 Å². The second-order valence-corrected chi connectivity index (χ2v) is 8.13. The molecular formula is C25H25FN6O. The van der Waals surface area contributed by atoms with Crippen LogP contribution in [0.5, 0.6) is 0 Å². The molecule has 33 heavy (non-hydrogen) atoms. The number of hydrogen-bond acceptors (Lipinski definition) is 6. The average Bonchev–Trinajstić information content (AvgIpc) is 2.79. The Morgan fingerprint density at radius 2 is 1.82 bits per heavy atom. The third-order valence-corrected chi connectivity index (χ3v) is 5.18. The van der Waals surface area contributed by atoms with Crippen LogP contribution in [-0.2, 0) is 4.79 Å². The molecule has 3 rings (SSSR count). The van der Waals surface area contributed by atoms with Gasteiger partial charge in [-0.05, 0) is 52.2 Å². The molecule has 7 nitrogen and oxygen atoms in total. The van der Waals surface area contributed by atoms with E-state index in [1.807, 2.05) is 45.0 Å². The van der Waals surface area contributed by atoms with Gasteiger partial charge in [0.05, 0.1) is 6.20 Å².